The summed E-state index contributed by atoms with van der Waals surface area (Å²) in [4.78, 5) is 11.9. The van der Waals surface area contributed by atoms with Crippen LogP contribution < -0.4 is 15.4 Å². The molecular formula is C18H19F3N2O2S. The molecule has 0 aliphatic carbocycles. The zero-order chi connectivity index (χ0) is 19.0. The number of halogens is 3. The molecule has 0 heterocycles. The molecule has 26 heavy (non-hydrogen) atoms. The first-order valence-corrected chi connectivity index (χ1v) is 8.80. The number of carbonyl (C=O) groups excluding carboxylic acids is 1. The zero-order valence-electron chi connectivity index (χ0n) is 14.1. The molecule has 0 saturated heterocycles. The molecule has 0 radical (unpaired) electrons. The molecular weight excluding hydrogens is 365 g/mol. The standard InChI is InChI=1S/C18H19F3N2O2S/c1-2-25-16-9-4-3-6-13(16)10-11-22-17(24)23-14-7-5-8-15(12-14)26-18(19,20)21/h3-9,12H,2,10-11H2,1H3,(H2,22,23,24). The van der Waals surface area contributed by atoms with Crippen LogP contribution in [0.15, 0.2) is 53.4 Å². The van der Waals surface area contributed by atoms with Crippen LogP contribution in [0.1, 0.15) is 12.5 Å². The fourth-order valence-corrected chi connectivity index (χ4v) is 2.86. The van der Waals surface area contributed by atoms with Crippen molar-refractivity contribution in [3.8, 4) is 5.75 Å². The Labute approximate surface area is 154 Å². The Morgan fingerprint density at radius 3 is 2.65 bits per heavy atom. The predicted octanol–water partition coefficient (Wildman–Crippen LogP) is 5.06. The Morgan fingerprint density at radius 2 is 1.92 bits per heavy atom. The van der Waals surface area contributed by atoms with Gasteiger partial charge in [0.25, 0.3) is 0 Å². The summed E-state index contributed by atoms with van der Waals surface area (Å²) in [6.45, 7) is 2.82. The summed E-state index contributed by atoms with van der Waals surface area (Å²) in [5.41, 5.74) is -3.10. The van der Waals surface area contributed by atoms with E-state index in [-0.39, 0.29) is 16.7 Å². The molecule has 2 N–H and O–H groups in total. The lowest BCUT2D eigenvalue weighted by molar-refractivity contribution is -0.0328. The number of thioether (sulfide) groups is 1. The van der Waals surface area contributed by atoms with Gasteiger partial charge in [-0.25, -0.2) is 4.79 Å². The molecule has 0 aliphatic rings. The first-order valence-electron chi connectivity index (χ1n) is 7.99. The maximum atomic E-state index is 12.4. The van der Waals surface area contributed by atoms with Gasteiger partial charge in [0.2, 0.25) is 0 Å². The SMILES string of the molecule is CCOc1ccccc1CCNC(=O)Nc1cccc(SC(F)(F)F)c1. The molecule has 2 rings (SSSR count). The van der Waals surface area contributed by atoms with Gasteiger partial charge in [-0.05, 0) is 54.9 Å². The molecule has 0 aromatic heterocycles. The molecule has 0 atom stereocenters. The second kappa shape index (κ2) is 9.38. The minimum Gasteiger partial charge on any atom is -0.494 e. The van der Waals surface area contributed by atoms with E-state index in [1.54, 1.807) is 0 Å². The number of para-hydroxylation sites is 1. The van der Waals surface area contributed by atoms with Crippen molar-refractivity contribution >= 4 is 23.5 Å². The number of nitrogens with one attached hydrogen (secondary N) is 2. The van der Waals surface area contributed by atoms with Crippen molar-refractivity contribution < 1.29 is 22.7 Å². The van der Waals surface area contributed by atoms with Gasteiger partial charge < -0.3 is 15.4 Å². The Balaban J connectivity index is 1.85. The van der Waals surface area contributed by atoms with E-state index in [2.05, 4.69) is 10.6 Å². The van der Waals surface area contributed by atoms with E-state index >= 15 is 0 Å². The van der Waals surface area contributed by atoms with E-state index in [0.717, 1.165) is 11.3 Å². The zero-order valence-corrected chi connectivity index (χ0v) is 14.9. The van der Waals surface area contributed by atoms with E-state index < -0.39 is 11.5 Å². The molecule has 0 spiro atoms. The van der Waals surface area contributed by atoms with Gasteiger partial charge >= 0.3 is 11.5 Å². The maximum Gasteiger partial charge on any atom is 0.446 e. The van der Waals surface area contributed by atoms with E-state index in [1.165, 1.54) is 24.3 Å². The lowest BCUT2D eigenvalue weighted by Crippen LogP contribution is -2.30. The normalized spacial score (nSPS) is 11.1. The molecule has 0 fully saturated rings. The van der Waals surface area contributed by atoms with Gasteiger partial charge in [-0.1, -0.05) is 24.3 Å². The molecule has 140 valence electrons. The number of rotatable bonds is 7. The van der Waals surface area contributed by atoms with Gasteiger partial charge in [0.05, 0.1) is 6.61 Å². The lowest BCUT2D eigenvalue weighted by Gasteiger charge is -2.12. The van der Waals surface area contributed by atoms with E-state index in [1.807, 2.05) is 31.2 Å². The molecule has 2 amide bonds. The maximum absolute atomic E-state index is 12.4. The number of hydrogen-bond acceptors (Lipinski definition) is 3. The Morgan fingerprint density at radius 1 is 1.15 bits per heavy atom. The lowest BCUT2D eigenvalue weighted by atomic mass is 10.1. The quantitative estimate of drug-likeness (QED) is 0.656. The number of ether oxygens (including phenoxy) is 1. The largest absolute Gasteiger partial charge is 0.494 e. The smallest absolute Gasteiger partial charge is 0.446 e. The van der Waals surface area contributed by atoms with Crippen molar-refractivity contribution in [3.05, 3.63) is 54.1 Å². The summed E-state index contributed by atoms with van der Waals surface area (Å²) in [7, 11) is 0. The Bertz CT molecular complexity index is 738. The van der Waals surface area contributed by atoms with Gasteiger partial charge in [-0.15, -0.1) is 0 Å². The number of hydrogen-bond donors (Lipinski definition) is 2. The van der Waals surface area contributed by atoms with Crippen molar-refractivity contribution in [3.63, 3.8) is 0 Å². The van der Waals surface area contributed by atoms with Crippen molar-refractivity contribution in [1.29, 1.82) is 0 Å². The summed E-state index contributed by atoms with van der Waals surface area (Å²) in [6, 6.07) is 12.7. The average molecular weight is 384 g/mol. The first-order chi connectivity index (χ1) is 12.4. The molecule has 0 bridgehead atoms. The van der Waals surface area contributed by atoms with Crippen molar-refractivity contribution in [2.75, 3.05) is 18.5 Å². The number of urea groups is 1. The highest BCUT2D eigenvalue weighted by atomic mass is 32.2. The molecule has 0 saturated carbocycles. The molecule has 4 nitrogen and oxygen atoms in total. The summed E-state index contributed by atoms with van der Waals surface area (Å²) >= 11 is -0.222. The van der Waals surface area contributed by atoms with Crippen LogP contribution in [0.25, 0.3) is 0 Å². The topological polar surface area (TPSA) is 50.4 Å². The van der Waals surface area contributed by atoms with Crippen LogP contribution in [0.5, 0.6) is 5.75 Å². The monoisotopic (exact) mass is 384 g/mol. The minimum atomic E-state index is -4.37. The fraction of sp³-hybridized carbons (Fsp3) is 0.278. The summed E-state index contributed by atoms with van der Waals surface area (Å²) in [6.07, 6.45) is 0.577. The highest BCUT2D eigenvalue weighted by Gasteiger charge is 2.29. The fourth-order valence-electron chi connectivity index (χ4n) is 2.26. The highest BCUT2D eigenvalue weighted by molar-refractivity contribution is 8.00. The van der Waals surface area contributed by atoms with Crippen LogP contribution in [0.3, 0.4) is 0 Å². The number of carbonyl (C=O) groups is 1. The first kappa shape index (κ1) is 20.0. The highest BCUT2D eigenvalue weighted by Crippen LogP contribution is 2.37. The average Bonchev–Trinajstić information content (AvgIpc) is 2.55. The van der Waals surface area contributed by atoms with Crippen LogP contribution in [0.4, 0.5) is 23.7 Å². The molecule has 2 aromatic carbocycles. The third-order valence-electron chi connectivity index (χ3n) is 3.28. The van der Waals surface area contributed by atoms with Crippen LogP contribution in [0.2, 0.25) is 0 Å². The second-order valence-electron chi connectivity index (χ2n) is 5.25. The minimum absolute atomic E-state index is 0.0148. The Kier molecular flexibility index (Phi) is 7.20. The summed E-state index contributed by atoms with van der Waals surface area (Å²) in [5.74, 6) is 0.772. The number of amides is 2. The van der Waals surface area contributed by atoms with Gasteiger partial charge in [0.1, 0.15) is 5.75 Å². The molecule has 2 aromatic rings. The number of benzene rings is 2. The van der Waals surface area contributed by atoms with E-state index in [0.29, 0.717) is 25.3 Å². The van der Waals surface area contributed by atoms with Crippen LogP contribution in [0, 0.1) is 0 Å². The number of alkyl halides is 3. The van der Waals surface area contributed by atoms with Crippen molar-refractivity contribution in [2.45, 2.75) is 23.7 Å². The summed E-state index contributed by atoms with van der Waals surface area (Å²) < 4.78 is 42.7. The number of anilines is 1. The van der Waals surface area contributed by atoms with Gasteiger partial charge in [0.15, 0.2) is 0 Å². The van der Waals surface area contributed by atoms with Crippen LogP contribution in [-0.2, 0) is 6.42 Å². The third kappa shape index (κ3) is 6.87. The Hall–Kier alpha value is -2.35. The van der Waals surface area contributed by atoms with E-state index in [4.69, 9.17) is 4.74 Å². The predicted molar refractivity (Wildman–Crippen MR) is 96.7 cm³/mol. The molecule has 8 heteroatoms. The van der Waals surface area contributed by atoms with Crippen molar-refractivity contribution in [1.82, 2.24) is 5.32 Å². The summed E-state index contributed by atoms with van der Waals surface area (Å²) in [5, 5.41) is 5.21. The van der Waals surface area contributed by atoms with Gasteiger partial charge in [-0.2, -0.15) is 13.2 Å². The van der Waals surface area contributed by atoms with Crippen LogP contribution >= 0.6 is 11.8 Å². The molecule has 0 aliphatic heterocycles. The third-order valence-corrected chi connectivity index (χ3v) is 4.00. The van der Waals surface area contributed by atoms with E-state index in [9.17, 15) is 18.0 Å². The van der Waals surface area contributed by atoms with Gasteiger partial charge in [0, 0.05) is 17.1 Å². The second-order valence-corrected chi connectivity index (χ2v) is 6.39. The van der Waals surface area contributed by atoms with Crippen molar-refractivity contribution in [2.24, 2.45) is 0 Å². The van der Waals surface area contributed by atoms with Crippen LogP contribution in [-0.4, -0.2) is 24.7 Å². The molecule has 0 unspecified atom stereocenters. The van der Waals surface area contributed by atoms with Gasteiger partial charge in [-0.3, -0.25) is 0 Å².